The highest BCUT2D eigenvalue weighted by Crippen LogP contribution is 2.31. The normalized spacial score (nSPS) is 16.6. The summed E-state index contributed by atoms with van der Waals surface area (Å²) in [5.74, 6) is -2.96. The van der Waals surface area contributed by atoms with Crippen LogP contribution in [-0.4, -0.2) is 43.3 Å². The van der Waals surface area contributed by atoms with E-state index in [0.717, 1.165) is 11.6 Å². The first-order valence-corrected chi connectivity index (χ1v) is 9.99. The molecule has 8 nitrogen and oxygen atoms in total. The largest absolute Gasteiger partial charge is 0.356 e. The Balaban J connectivity index is 1.87. The lowest BCUT2D eigenvalue weighted by Gasteiger charge is -2.33. The van der Waals surface area contributed by atoms with E-state index in [1.165, 1.54) is 12.3 Å². The molecule has 0 unspecified atom stereocenters. The molecule has 2 aromatic heterocycles. The number of hydrogen-bond acceptors (Lipinski definition) is 6. The van der Waals surface area contributed by atoms with Gasteiger partial charge in [0.1, 0.15) is 5.82 Å². The highest BCUT2D eigenvalue weighted by atomic mass is 32.2. The summed E-state index contributed by atoms with van der Waals surface area (Å²) in [4.78, 5) is 22.4. The molecule has 1 aliphatic rings. The average Bonchev–Trinajstić information content (AvgIpc) is 2.61. The van der Waals surface area contributed by atoms with Gasteiger partial charge >= 0.3 is 0 Å². The number of halogens is 2. The highest BCUT2D eigenvalue weighted by Gasteiger charge is 2.35. The van der Waals surface area contributed by atoms with Gasteiger partial charge in [-0.2, -0.15) is 0 Å². The maximum Gasteiger partial charge on any atom is 0.259 e. The van der Waals surface area contributed by atoms with Crippen molar-refractivity contribution in [3.05, 3.63) is 41.7 Å². The van der Waals surface area contributed by atoms with Crippen molar-refractivity contribution in [2.75, 3.05) is 23.3 Å². The number of piperidine rings is 1. The predicted molar refractivity (Wildman–Crippen MR) is 98.9 cm³/mol. The minimum Gasteiger partial charge on any atom is -0.356 e. The van der Waals surface area contributed by atoms with Crippen LogP contribution in [0.5, 0.6) is 0 Å². The molecule has 1 aliphatic heterocycles. The number of aryl methyl sites for hydroxylation is 1. The number of rotatable bonds is 4. The van der Waals surface area contributed by atoms with Gasteiger partial charge < -0.3 is 10.2 Å². The Labute approximate surface area is 160 Å². The SMILES string of the molecule is Cc1cnc(N2CCC(F)(F)CC2)c(C(=O)Nc2ccnc(S(N)(=O)=O)c2)c1. The van der Waals surface area contributed by atoms with Crippen molar-refractivity contribution in [2.45, 2.75) is 30.7 Å². The van der Waals surface area contributed by atoms with E-state index < -0.39 is 21.9 Å². The Morgan fingerprint density at radius 1 is 1.25 bits per heavy atom. The molecule has 1 saturated heterocycles. The fourth-order valence-corrected chi connectivity index (χ4v) is 3.37. The molecule has 0 radical (unpaired) electrons. The van der Waals surface area contributed by atoms with Crippen LogP contribution in [-0.2, 0) is 10.0 Å². The summed E-state index contributed by atoms with van der Waals surface area (Å²) < 4.78 is 49.7. The van der Waals surface area contributed by atoms with Gasteiger partial charge in [-0.3, -0.25) is 4.79 Å². The molecule has 0 bridgehead atoms. The van der Waals surface area contributed by atoms with Crippen LogP contribution in [0.3, 0.4) is 0 Å². The molecule has 0 spiro atoms. The van der Waals surface area contributed by atoms with Crippen molar-refractivity contribution in [1.82, 2.24) is 9.97 Å². The summed E-state index contributed by atoms with van der Waals surface area (Å²) >= 11 is 0. The molecule has 0 aromatic carbocycles. The summed E-state index contributed by atoms with van der Waals surface area (Å²) in [7, 11) is -4.02. The Kier molecular flexibility index (Phi) is 5.31. The molecule has 3 rings (SSSR count). The lowest BCUT2D eigenvalue weighted by atomic mass is 10.1. The summed E-state index contributed by atoms with van der Waals surface area (Å²) in [5, 5.41) is 7.25. The summed E-state index contributed by atoms with van der Waals surface area (Å²) in [5.41, 5.74) is 1.11. The van der Waals surface area contributed by atoms with E-state index in [4.69, 9.17) is 5.14 Å². The first kappa shape index (κ1) is 20.1. The Morgan fingerprint density at radius 3 is 2.57 bits per heavy atom. The number of anilines is 2. The zero-order valence-corrected chi connectivity index (χ0v) is 15.8. The zero-order valence-electron chi connectivity index (χ0n) is 15.0. The molecular formula is C17H19F2N5O3S. The van der Waals surface area contributed by atoms with Gasteiger partial charge in [0.2, 0.25) is 0 Å². The molecule has 11 heteroatoms. The van der Waals surface area contributed by atoms with Crippen LogP contribution in [0.1, 0.15) is 28.8 Å². The first-order valence-electron chi connectivity index (χ1n) is 8.45. The molecule has 1 amide bonds. The molecule has 3 N–H and O–H groups in total. The number of nitrogens with two attached hydrogens (primary N) is 1. The zero-order chi connectivity index (χ0) is 20.5. The van der Waals surface area contributed by atoms with Crippen molar-refractivity contribution in [1.29, 1.82) is 0 Å². The summed E-state index contributed by atoms with van der Waals surface area (Å²) in [6.45, 7) is 1.91. The number of sulfonamides is 1. The van der Waals surface area contributed by atoms with E-state index in [2.05, 4.69) is 15.3 Å². The second-order valence-corrected chi connectivity index (χ2v) is 8.12. The summed E-state index contributed by atoms with van der Waals surface area (Å²) in [6, 6.07) is 4.15. The minimum atomic E-state index is -4.02. The minimum absolute atomic E-state index is 0.0775. The standard InChI is InChI=1S/C17H19F2N5O3S/c1-11-8-13(15(22-10-11)24-6-3-17(18,19)4-7-24)16(25)23-12-2-5-21-14(9-12)28(20,26)27/h2,5,8-10H,3-4,6-7H2,1H3,(H2,20,26,27)(H,21,23,25). The van der Waals surface area contributed by atoms with Crippen LogP contribution in [0.2, 0.25) is 0 Å². The topological polar surface area (TPSA) is 118 Å². The van der Waals surface area contributed by atoms with E-state index in [0.29, 0.717) is 5.82 Å². The Morgan fingerprint density at radius 2 is 1.93 bits per heavy atom. The number of nitrogens with one attached hydrogen (secondary N) is 1. The average molecular weight is 411 g/mol. The van der Waals surface area contributed by atoms with Gasteiger partial charge in [-0.1, -0.05) is 0 Å². The van der Waals surface area contributed by atoms with E-state index in [-0.39, 0.29) is 42.2 Å². The second-order valence-electron chi connectivity index (χ2n) is 6.61. The molecule has 0 aliphatic carbocycles. The van der Waals surface area contributed by atoms with Gasteiger partial charge in [-0.15, -0.1) is 0 Å². The fourth-order valence-electron chi connectivity index (χ4n) is 2.87. The number of carbonyl (C=O) groups excluding carboxylic acids is 1. The number of primary sulfonamides is 1. The third-order valence-electron chi connectivity index (χ3n) is 4.33. The van der Waals surface area contributed by atoms with E-state index in [1.807, 2.05) is 0 Å². The number of hydrogen-bond donors (Lipinski definition) is 2. The van der Waals surface area contributed by atoms with E-state index in [1.54, 1.807) is 24.1 Å². The molecule has 3 heterocycles. The Bertz CT molecular complexity index is 1000. The third-order valence-corrected chi connectivity index (χ3v) is 5.13. The van der Waals surface area contributed by atoms with Crippen molar-refractivity contribution < 1.29 is 22.0 Å². The first-order chi connectivity index (χ1) is 13.0. The Hall–Kier alpha value is -2.66. The maximum atomic E-state index is 13.4. The van der Waals surface area contributed by atoms with Crippen molar-refractivity contribution in [3.63, 3.8) is 0 Å². The maximum absolute atomic E-state index is 13.4. The fraction of sp³-hybridized carbons (Fsp3) is 0.353. The van der Waals surface area contributed by atoms with Crippen LogP contribution < -0.4 is 15.4 Å². The predicted octanol–water partition coefficient (Wildman–Crippen LogP) is 1.92. The number of aromatic nitrogens is 2. The van der Waals surface area contributed by atoms with Crippen LogP contribution in [0.25, 0.3) is 0 Å². The van der Waals surface area contributed by atoms with Crippen molar-refractivity contribution in [2.24, 2.45) is 5.14 Å². The molecule has 0 saturated carbocycles. The second kappa shape index (κ2) is 7.40. The van der Waals surface area contributed by atoms with Crippen LogP contribution >= 0.6 is 0 Å². The van der Waals surface area contributed by atoms with Crippen LogP contribution in [0.15, 0.2) is 35.6 Å². The molecule has 150 valence electrons. The third kappa shape index (κ3) is 4.60. The number of pyridine rings is 2. The number of carbonyl (C=O) groups is 1. The van der Waals surface area contributed by atoms with Crippen molar-refractivity contribution in [3.8, 4) is 0 Å². The molecular weight excluding hydrogens is 392 g/mol. The number of alkyl halides is 2. The molecule has 0 atom stereocenters. The molecule has 1 fully saturated rings. The van der Waals surface area contributed by atoms with Gasteiger partial charge in [0, 0.05) is 50.1 Å². The van der Waals surface area contributed by atoms with Crippen LogP contribution in [0, 0.1) is 6.92 Å². The summed E-state index contributed by atoms with van der Waals surface area (Å²) in [6.07, 6.45) is 2.14. The monoisotopic (exact) mass is 411 g/mol. The van der Waals surface area contributed by atoms with Gasteiger partial charge in [0.25, 0.3) is 21.9 Å². The number of amides is 1. The number of nitrogens with zero attached hydrogens (tertiary/aromatic N) is 3. The lowest BCUT2D eigenvalue weighted by Crippen LogP contribution is -2.40. The van der Waals surface area contributed by atoms with E-state index >= 15 is 0 Å². The highest BCUT2D eigenvalue weighted by molar-refractivity contribution is 7.89. The quantitative estimate of drug-likeness (QED) is 0.794. The lowest BCUT2D eigenvalue weighted by molar-refractivity contribution is -0.0221. The van der Waals surface area contributed by atoms with Gasteiger partial charge in [-0.05, 0) is 24.6 Å². The van der Waals surface area contributed by atoms with Gasteiger partial charge in [0.15, 0.2) is 5.03 Å². The van der Waals surface area contributed by atoms with E-state index in [9.17, 15) is 22.0 Å². The van der Waals surface area contributed by atoms with Crippen LogP contribution in [0.4, 0.5) is 20.3 Å². The smallest absolute Gasteiger partial charge is 0.259 e. The molecule has 2 aromatic rings. The molecule has 28 heavy (non-hydrogen) atoms. The van der Waals surface area contributed by atoms with Crippen molar-refractivity contribution >= 4 is 27.4 Å². The van der Waals surface area contributed by atoms with Gasteiger partial charge in [0.05, 0.1) is 5.56 Å². The van der Waals surface area contributed by atoms with Gasteiger partial charge in [-0.25, -0.2) is 32.3 Å².